The van der Waals surface area contributed by atoms with E-state index in [9.17, 15) is 13.6 Å². The topological polar surface area (TPSA) is 60.5 Å². The monoisotopic (exact) mass is 388 g/mol. The zero-order valence-electron chi connectivity index (χ0n) is 15.5. The van der Waals surface area contributed by atoms with Crippen LogP contribution in [0.4, 0.5) is 8.78 Å². The van der Waals surface area contributed by atoms with Gasteiger partial charge in [0.15, 0.2) is 17.4 Å². The van der Waals surface area contributed by atoms with Gasteiger partial charge in [-0.3, -0.25) is 4.79 Å². The van der Waals surface area contributed by atoms with Crippen LogP contribution in [0.2, 0.25) is 0 Å². The number of halogens is 2. The number of hydrogen-bond donors (Lipinski definition) is 1. The predicted molar refractivity (Wildman–Crippen MR) is 98.7 cm³/mol. The Balaban J connectivity index is 1.64. The third-order valence-electron chi connectivity index (χ3n) is 5.17. The molecule has 0 bridgehead atoms. The van der Waals surface area contributed by atoms with Crippen molar-refractivity contribution in [1.29, 1.82) is 0 Å². The van der Waals surface area contributed by atoms with E-state index in [0.717, 1.165) is 31.7 Å². The summed E-state index contributed by atoms with van der Waals surface area (Å²) >= 11 is 0. The molecule has 2 aliphatic rings. The number of ether oxygens (including phenoxy) is 2. The van der Waals surface area contributed by atoms with Crippen LogP contribution in [0, 0.1) is 11.6 Å². The highest BCUT2D eigenvalue weighted by molar-refractivity contribution is 5.93. The van der Waals surface area contributed by atoms with Gasteiger partial charge in [0.05, 0.1) is 0 Å². The Bertz CT molecular complexity index is 882. The zero-order chi connectivity index (χ0) is 19.5. The van der Waals surface area contributed by atoms with Gasteiger partial charge in [0.2, 0.25) is 0 Å². The molecule has 5 nitrogen and oxygen atoms in total. The van der Waals surface area contributed by atoms with Crippen LogP contribution < -0.4 is 14.8 Å². The quantitative estimate of drug-likeness (QED) is 0.866. The van der Waals surface area contributed by atoms with Gasteiger partial charge in [0, 0.05) is 18.0 Å². The molecule has 1 fully saturated rings. The standard InChI is InChI=1S/C21H22F2N2O3/c22-16-8-4-5-13(18(16)23)11-14-12-17(25-21-19(14)27-9-10-28-21)20(26)24-15-6-2-1-3-7-15/h4-5,8,12,15H,1-3,6-7,9-11H2,(H,24,26). The summed E-state index contributed by atoms with van der Waals surface area (Å²) in [7, 11) is 0. The molecule has 1 aromatic heterocycles. The van der Waals surface area contributed by atoms with Crippen molar-refractivity contribution in [3.05, 3.63) is 52.7 Å². The van der Waals surface area contributed by atoms with E-state index in [0.29, 0.717) is 24.5 Å². The average molecular weight is 388 g/mol. The van der Waals surface area contributed by atoms with Crippen molar-refractivity contribution in [3.63, 3.8) is 0 Å². The third-order valence-corrected chi connectivity index (χ3v) is 5.17. The number of pyridine rings is 1. The zero-order valence-corrected chi connectivity index (χ0v) is 15.5. The normalized spacial score (nSPS) is 16.6. The first kappa shape index (κ1) is 18.7. The maximum absolute atomic E-state index is 14.1. The van der Waals surface area contributed by atoms with Crippen molar-refractivity contribution in [2.24, 2.45) is 0 Å². The van der Waals surface area contributed by atoms with Gasteiger partial charge in [0.1, 0.15) is 18.9 Å². The molecule has 1 aliphatic carbocycles. The summed E-state index contributed by atoms with van der Waals surface area (Å²) in [5.41, 5.74) is 0.922. The van der Waals surface area contributed by atoms with E-state index in [1.54, 1.807) is 6.07 Å². The van der Waals surface area contributed by atoms with E-state index in [4.69, 9.17) is 9.47 Å². The molecule has 148 valence electrons. The summed E-state index contributed by atoms with van der Waals surface area (Å²) in [6.07, 6.45) is 5.38. The van der Waals surface area contributed by atoms with E-state index >= 15 is 0 Å². The molecule has 4 rings (SSSR count). The maximum atomic E-state index is 14.1. The number of aromatic nitrogens is 1. The van der Waals surface area contributed by atoms with Gasteiger partial charge in [0.25, 0.3) is 11.8 Å². The fourth-order valence-electron chi connectivity index (χ4n) is 3.74. The molecule has 28 heavy (non-hydrogen) atoms. The Kier molecular flexibility index (Phi) is 5.41. The van der Waals surface area contributed by atoms with E-state index < -0.39 is 11.6 Å². The molecular weight excluding hydrogens is 366 g/mol. The van der Waals surface area contributed by atoms with Crippen molar-refractivity contribution in [2.75, 3.05) is 13.2 Å². The number of carbonyl (C=O) groups excluding carboxylic acids is 1. The van der Waals surface area contributed by atoms with Crippen molar-refractivity contribution in [1.82, 2.24) is 10.3 Å². The van der Waals surface area contributed by atoms with Gasteiger partial charge >= 0.3 is 0 Å². The highest BCUT2D eigenvalue weighted by Crippen LogP contribution is 2.34. The predicted octanol–water partition coefficient (Wildman–Crippen LogP) is 3.78. The second kappa shape index (κ2) is 8.12. The highest BCUT2D eigenvalue weighted by Gasteiger charge is 2.24. The lowest BCUT2D eigenvalue weighted by atomic mass is 9.95. The fourth-order valence-corrected chi connectivity index (χ4v) is 3.74. The number of hydrogen-bond acceptors (Lipinski definition) is 4. The van der Waals surface area contributed by atoms with Crippen molar-refractivity contribution in [3.8, 4) is 11.6 Å². The van der Waals surface area contributed by atoms with E-state index in [-0.39, 0.29) is 35.5 Å². The Morgan fingerprint density at radius 3 is 2.71 bits per heavy atom. The number of rotatable bonds is 4. The highest BCUT2D eigenvalue weighted by atomic mass is 19.2. The molecule has 7 heteroatoms. The minimum Gasteiger partial charge on any atom is -0.484 e. The van der Waals surface area contributed by atoms with Gasteiger partial charge in [-0.25, -0.2) is 13.8 Å². The van der Waals surface area contributed by atoms with Crippen LogP contribution >= 0.6 is 0 Å². The number of carbonyl (C=O) groups is 1. The Morgan fingerprint density at radius 1 is 1.11 bits per heavy atom. The Labute approximate surface area is 162 Å². The van der Waals surface area contributed by atoms with E-state index in [2.05, 4.69) is 10.3 Å². The third kappa shape index (κ3) is 3.93. The first-order valence-corrected chi connectivity index (χ1v) is 9.65. The first-order chi connectivity index (χ1) is 13.6. The summed E-state index contributed by atoms with van der Waals surface area (Å²) in [5.74, 6) is -1.51. The molecule has 1 amide bonds. The Morgan fingerprint density at radius 2 is 1.89 bits per heavy atom. The van der Waals surface area contributed by atoms with Crippen molar-refractivity contribution >= 4 is 5.91 Å². The summed E-state index contributed by atoms with van der Waals surface area (Å²) in [4.78, 5) is 17.0. The molecule has 2 heterocycles. The van der Waals surface area contributed by atoms with Crippen LogP contribution in [0.5, 0.6) is 11.6 Å². The lowest BCUT2D eigenvalue weighted by molar-refractivity contribution is 0.0919. The average Bonchev–Trinajstić information content (AvgIpc) is 2.72. The lowest BCUT2D eigenvalue weighted by Crippen LogP contribution is -2.36. The van der Waals surface area contributed by atoms with Crippen LogP contribution in [-0.4, -0.2) is 30.1 Å². The molecule has 1 aliphatic heterocycles. The smallest absolute Gasteiger partial charge is 0.270 e. The second-order valence-corrected chi connectivity index (χ2v) is 7.20. The van der Waals surface area contributed by atoms with E-state index in [1.165, 1.54) is 18.6 Å². The first-order valence-electron chi connectivity index (χ1n) is 9.65. The van der Waals surface area contributed by atoms with Gasteiger partial charge in [-0.15, -0.1) is 0 Å². The molecule has 0 atom stereocenters. The molecule has 0 unspecified atom stereocenters. The number of nitrogens with one attached hydrogen (secondary N) is 1. The van der Waals surface area contributed by atoms with Crippen molar-refractivity contribution < 1.29 is 23.0 Å². The maximum Gasteiger partial charge on any atom is 0.270 e. The minimum atomic E-state index is -0.909. The van der Waals surface area contributed by atoms with Crippen LogP contribution in [0.1, 0.15) is 53.7 Å². The summed E-state index contributed by atoms with van der Waals surface area (Å²) in [5, 5.41) is 3.02. The number of fused-ring (bicyclic) bond motifs is 1. The lowest BCUT2D eigenvalue weighted by Gasteiger charge is -2.24. The van der Waals surface area contributed by atoms with Crippen LogP contribution in [-0.2, 0) is 6.42 Å². The second-order valence-electron chi connectivity index (χ2n) is 7.20. The SMILES string of the molecule is O=C(NC1CCCCC1)c1cc(Cc2cccc(F)c2F)c2c(n1)OCCO2. The molecule has 1 aromatic carbocycles. The molecular formula is C21H22F2N2O3. The number of amides is 1. The molecule has 0 radical (unpaired) electrons. The number of nitrogens with zero attached hydrogens (tertiary/aromatic N) is 1. The largest absolute Gasteiger partial charge is 0.484 e. The summed E-state index contributed by atoms with van der Waals surface area (Å²) < 4.78 is 38.9. The Hall–Kier alpha value is -2.70. The van der Waals surface area contributed by atoms with Crippen LogP contribution in [0.15, 0.2) is 24.3 Å². The number of benzene rings is 1. The summed E-state index contributed by atoms with van der Waals surface area (Å²) in [6.45, 7) is 0.655. The molecule has 1 N–H and O–H groups in total. The van der Waals surface area contributed by atoms with Gasteiger partial charge in [-0.1, -0.05) is 31.4 Å². The van der Waals surface area contributed by atoms with Gasteiger partial charge < -0.3 is 14.8 Å². The van der Waals surface area contributed by atoms with Gasteiger partial charge in [-0.2, -0.15) is 0 Å². The molecule has 0 spiro atoms. The van der Waals surface area contributed by atoms with E-state index in [1.807, 2.05) is 0 Å². The fraction of sp³-hybridized carbons (Fsp3) is 0.429. The molecule has 1 saturated carbocycles. The summed E-state index contributed by atoms with van der Waals surface area (Å²) in [6, 6.07) is 5.76. The van der Waals surface area contributed by atoms with Crippen molar-refractivity contribution in [2.45, 2.75) is 44.6 Å². The van der Waals surface area contributed by atoms with Crippen LogP contribution in [0.3, 0.4) is 0 Å². The minimum absolute atomic E-state index is 0.0709. The molecule has 0 saturated heterocycles. The van der Waals surface area contributed by atoms with Crippen LogP contribution in [0.25, 0.3) is 0 Å². The molecule has 2 aromatic rings. The van der Waals surface area contributed by atoms with Gasteiger partial charge in [-0.05, 0) is 30.5 Å².